The van der Waals surface area contributed by atoms with Crippen molar-refractivity contribution in [1.82, 2.24) is 20.7 Å². The smallest absolute Gasteiger partial charge is 0.271 e. The Morgan fingerprint density at radius 2 is 2.00 bits per heavy atom. The number of thiocarbonyl (C=S) groups is 1. The monoisotopic (exact) mass is 344 g/mol. The number of nitrogens with one attached hydrogen (secondary N) is 3. The molecule has 0 spiro atoms. The molecule has 1 atom stereocenters. The van der Waals surface area contributed by atoms with E-state index in [1.807, 2.05) is 47.3 Å². The Morgan fingerprint density at radius 3 is 2.75 bits per heavy atom. The van der Waals surface area contributed by atoms with Gasteiger partial charge < -0.3 is 14.6 Å². The summed E-state index contributed by atoms with van der Waals surface area (Å²) in [5.41, 5.74) is 6.73. The lowest BCUT2D eigenvalue weighted by Gasteiger charge is -2.15. The van der Waals surface area contributed by atoms with E-state index in [-0.39, 0.29) is 12.0 Å². The Labute approximate surface area is 146 Å². The van der Waals surface area contributed by atoms with Gasteiger partial charge in [-0.2, -0.15) is 0 Å². The van der Waals surface area contributed by atoms with E-state index in [0.29, 0.717) is 17.2 Å². The van der Waals surface area contributed by atoms with Gasteiger partial charge in [-0.05, 0) is 49.3 Å². The van der Waals surface area contributed by atoms with E-state index in [1.54, 1.807) is 6.07 Å². The Kier molecular flexibility index (Phi) is 5.45. The summed E-state index contributed by atoms with van der Waals surface area (Å²) >= 11 is 5.17. The lowest BCUT2D eigenvalue weighted by Crippen LogP contribution is -2.48. The van der Waals surface area contributed by atoms with Crippen LogP contribution in [-0.2, 0) is 4.74 Å². The summed E-state index contributed by atoms with van der Waals surface area (Å²) in [6, 6.07) is 11.2. The van der Waals surface area contributed by atoms with Crippen LogP contribution < -0.4 is 16.2 Å². The number of aromatic nitrogens is 1. The first-order valence-corrected chi connectivity index (χ1v) is 8.33. The molecule has 1 aromatic heterocycles. The topological polar surface area (TPSA) is 67.3 Å². The van der Waals surface area contributed by atoms with Crippen molar-refractivity contribution in [3.05, 3.63) is 54.4 Å². The van der Waals surface area contributed by atoms with E-state index in [2.05, 4.69) is 16.2 Å². The summed E-state index contributed by atoms with van der Waals surface area (Å²) < 4.78 is 7.41. The molecule has 1 aliphatic heterocycles. The average Bonchev–Trinajstić information content (AvgIpc) is 3.31. The lowest BCUT2D eigenvalue weighted by molar-refractivity contribution is 0.0943. The van der Waals surface area contributed by atoms with Gasteiger partial charge in [0.2, 0.25) is 0 Å². The van der Waals surface area contributed by atoms with Crippen LogP contribution in [0.2, 0.25) is 0 Å². The molecule has 0 saturated carbocycles. The van der Waals surface area contributed by atoms with E-state index in [0.717, 1.165) is 25.1 Å². The van der Waals surface area contributed by atoms with Gasteiger partial charge in [0.1, 0.15) is 0 Å². The Balaban J connectivity index is 1.54. The molecule has 2 heterocycles. The molecule has 2 aromatic rings. The fourth-order valence-corrected chi connectivity index (χ4v) is 2.76. The van der Waals surface area contributed by atoms with Crippen LogP contribution in [0.5, 0.6) is 0 Å². The van der Waals surface area contributed by atoms with E-state index in [1.165, 1.54) is 0 Å². The SMILES string of the molecule is O=C(NNC(=S)NCC1CCCO1)c1ccccc1-n1cccc1. The standard InChI is InChI=1S/C17H20N4O2S/c22-16(19-20-17(24)18-12-13-6-5-11-23-13)14-7-1-2-8-15(14)21-9-3-4-10-21/h1-4,7-10,13H,5-6,11-12H2,(H,19,22)(H2,18,20,24). The molecule has 24 heavy (non-hydrogen) atoms. The Morgan fingerprint density at radius 1 is 1.21 bits per heavy atom. The second-order valence-electron chi connectivity index (χ2n) is 5.53. The van der Waals surface area contributed by atoms with Crippen LogP contribution in [0, 0.1) is 0 Å². The van der Waals surface area contributed by atoms with Crippen molar-refractivity contribution in [2.45, 2.75) is 18.9 Å². The fraction of sp³-hybridized carbons (Fsp3) is 0.294. The number of amides is 1. The number of benzene rings is 1. The third kappa shape index (κ3) is 4.12. The number of para-hydroxylation sites is 1. The number of nitrogens with zero attached hydrogens (tertiary/aromatic N) is 1. The highest BCUT2D eigenvalue weighted by Gasteiger charge is 2.16. The highest BCUT2D eigenvalue weighted by molar-refractivity contribution is 7.80. The number of rotatable bonds is 4. The number of hydrogen-bond acceptors (Lipinski definition) is 3. The van der Waals surface area contributed by atoms with Crippen molar-refractivity contribution in [2.24, 2.45) is 0 Å². The molecule has 1 amide bonds. The zero-order valence-electron chi connectivity index (χ0n) is 13.2. The number of hydrazine groups is 1. The number of ether oxygens (including phenoxy) is 1. The van der Waals surface area contributed by atoms with Crippen molar-refractivity contribution >= 4 is 23.2 Å². The normalized spacial score (nSPS) is 16.6. The molecule has 0 radical (unpaired) electrons. The summed E-state index contributed by atoms with van der Waals surface area (Å²) in [6.07, 6.45) is 6.10. The van der Waals surface area contributed by atoms with Crippen molar-refractivity contribution in [3.63, 3.8) is 0 Å². The quantitative estimate of drug-likeness (QED) is 0.583. The second-order valence-corrected chi connectivity index (χ2v) is 5.94. The predicted molar refractivity (Wildman–Crippen MR) is 95.9 cm³/mol. The van der Waals surface area contributed by atoms with Crippen LogP contribution in [0.15, 0.2) is 48.8 Å². The molecule has 0 aliphatic carbocycles. The van der Waals surface area contributed by atoms with Gasteiger partial charge in [0, 0.05) is 25.5 Å². The summed E-state index contributed by atoms with van der Waals surface area (Å²) in [4.78, 5) is 12.4. The largest absolute Gasteiger partial charge is 0.376 e. The van der Waals surface area contributed by atoms with Gasteiger partial charge in [-0.25, -0.2) is 0 Å². The van der Waals surface area contributed by atoms with E-state index >= 15 is 0 Å². The van der Waals surface area contributed by atoms with Gasteiger partial charge >= 0.3 is 0 Å². The molecular weight excluding hydrogens is 324 g/mol. The van der Waals surface area contributed by atoms with Gasteiger partial charge in [0.05, 0.1) is 17.4 Å². The zero-order valence-corrected chi connectivity index (χ0v) is 14.0. The van der Waals surface area contributed by atoms with Gasteiger partial charge in [-0.1, -0.05) is 12.1 Å². The van der Waals surface area contributed by atoms with Gasteiger partial charge in [-0.3, -0.25) is 15.6 Å². The van der Waals surface area contributed by atoms with E-state index < -0.39 is 0 Å². The minimum Gasteiger partial charge on any atom is -0.376 e. The Hall–Kier alpha value is -2.38. The second kappa shape index (κ2) is 7.94. The first-order valence-electron chi connectivity index (χ1n) is 7.92. The van der Waals surface area contributed by atoms with E-state index in [4.69, 9.17) is 17.0 Å². The average molecular weight is 344 g/mol. The molecular formula is C17H20N4O2S. The summed E-state index contributed by atoms with van der Waals surface area (Å²) in [5, 5.41) is 3.42. The molecule has 1 unspecified atom stereocenters. The van der Waals surface area contributed by atoms with Crippen LogP contribution in [0.4, 0.5) is 0 Å². The molecule has 0 bridgehead atoms. The molecule has 6 nitrogen and oxygen atoms in total. The molecule has 126 valence electrons. The van der Waals surface area contributed by atoms with Crippen LogP contribution in [0.3, 0.4) is 0 Å². The van der Waals surface area contributed by atoms with Crippen LogP contribution >= 0.6 is 12.2 Å². The molecule has 1 aliphatic rings. The Bertz CT molecular complexity index is 696. The first kappa shape index (κ1) is 16.5. The maximum atomic E-state index is 12.4. The van der Waals surface area contributed by atoms with Gasteiger partial charge in [-0.15, -0.1) is 0 Å². The minimum absolute atomic E-state index is 0.190. The van der Waals surface area contributed by atoms with E-state index in [9.17, 15) is 4.79 Å². The maximum Gasteiger partial charge on any atom is 0.271 e. The lowest BCUT2D eigenvalue weighted by atomic mass is 10.1. The number of carbonyl (C=O) groups excluding carboxylic acids is 1. The zero-order chi connectivity index (χ0) is 16.8. The third-order valence-electron chi connectivity index (χ3n) is 3.84. The van der Waals surface area contributed by atoms with Crippen molar-refractivity contribution in [3.8, 4) is 5.69 Å². The third-order valence-corrected chi connectivity index (χ3v) is 4.08. The van der Waals surface area contributed by atoms with Crippen LogP contribution in [0.1, 0.15) is 23.2 Å². The molecule has 1 aromatic carbocycles. The predicted octanol–water partition coefficient (Wildman–Crippen LogP) is 1.77. The van der Waals surface area contributed by atoms with Crippen molar-refractivity contribution in [2.75, 3.05) is 13.2 Å². The van der Waals surface area contributed by atoms with Crippen molar-refractivity contribution < 1.29 is 9.53 Å². The minimum atomic E-state index is -0.249. The molecule has 1 saturated heterocycles. The van der Waals surface area contributed by atoms with Gasteiger partial charge in [0.25, 0.3) is 5.91 Å². The summed E-state index contributed by atoms with van der Waals surface area (Å²) in [6.45, 7) is 1.45. The summed E-state index contributed by atoms with van der Waals surface area (Å²) in [7, 11) is 0. The maximum absolute atomic E-state index is 12.4. The van der Waals surface area contributed by atoms with Crippen LogP contribution in [-0.4, -0.2) is 34.8 Å². The van der Waals surface area contributed by atoms with Crippen molar-refractivity contribution in [1.29, 1.82) is 0 Å². The molecule has 3 N–H and O–H groups in total. The molecule has 1 fully saturated rings. The molecule has 7 heteroatoms. The van der Waals surface area contributed by atoms with Gasteiger partial charge in [0.15, 0.2) is 5.11 Å². The number of carbonyl (C=O) groups is 1. The van der Waals surface area contributed by atoms with Crippen LogP contribution in [0.25, 0.3) is 5.69 Å². The highest BCUT2D eigenvalue weighted by atomic mass is 32.1. The highest BCUT2D eigenvalue weighted by Crippen LogP contribution is 2.14. The fourth-order valence-electron chi connectivity index (χ4n) is 2.62. The summed E-state index contributed by atoms with van der Waals surface area (Å²) in [5.74, 6) is -0.249. The molecule has 3 rings (SSSR count). The first-order chi connectivity index (χ1) is 11.7. The number of hydrogen-bond donors (Lipinski definition) is 3.